The zero-order chi connectivity index (χ0) is 22.5. The zero-order valence-corrected chi connectivity index (χ0v) is 20.5. The van der Waals surface area contributed by atoms with Crippen LogP contribution in [0.5, 0.6) is 0 Å². The molecular weight excluding hydrogens is 450 g/mol. The minimum atomic E-state index is -0.0494. The second-order valence-corrected chi connectivity index (χ2v) is 11.4. The summed E-state index contributed by atoms with van der Waals surface area (Å²) < 4.78 is 3.95. The highest BCUT2D eigenvalue weighted by Gasteiger charge is 2.43. The van der Waals surface area contributed by atoms with Crippen molar-refractivity contribution >= 4 is 28.7 Å². The molecule has 4 unspecified atom stereocenters. The Bertz CT molecular complexity index is 1360. The van der Waals surface area contributed by atoms with Crippen LogP contribution in [0.25, 0.3) is 16.3 Å². The smallest absolute Gasteiger partial charge is 0.258 e. The van der Waals surface area contributed by atoms with E-state index in [0.29, 0.717) is 23.4 Å². The van der Waals surface area contributed by atoms with E-state index in [4.69, 9.17) is 4.98 Å². The molecule has 0 N–H and O–H groups in total. The topological polar surface area (TPSA) is 65.1 Å². The molecule has 170 valence electrons. The number of fused-ring (bicyclic) bond motifs is 3. The van der Waals surface area contributed by atoms with Gasteiger partial charge in [0.1, 0.15) is 5.65 Å². The van der Waals surface area contributed by atoms with Crippen LogP contribution >= 0.6 is 23.1 Å². The van der Waals surface area contributed by atoms with E-state index < -0.39 is 0 Å². The Morgan fingerprint density at radius 1 is 1.21 bits per heavy atom. The molecular formula is C25H27N5OS2. The first-order valence-electron chi connectivity index (χ1n) is 11.7. The molecule has 4 aromatic heterocycles. The number of hydrogen-bond acceptors (Lipinski definition) is 6. The third kappa shape index (κ3) is 3.83. The van der Waals surface area contributed by atoms with Gasteiger partial charge in [-0.25, -0.2) is 4.98 Å². The highest BCUT2D eigenvalue weighted by Crippen LogP contribution is 2.53. The maximum atomic E-state index is 12.6. The van der Waals surface area contributed by atoms with Crippen LogP contribution in [0.2, 0.25) is 0 Å². The predicted molar refractivity (Wildman–Crippen MR) is 133 cm³/mol. The van der Waals surface area contributed by atoms with Crippen LogP contribution in [-0.2, 0) is 5.75 Å². The largest absolute Gasteiger partial charge is 0.298 e. The van der Waals surface area contributed by atoms with E-state index in [-0.39, 0.29) is 5.56 Å². The molecule has 2 bridgehead atoms. The van der Waals surface area contributed by atoms with Crippen molar-refractivity contribution in [2.24, 2.45) is 17.8 Å². The van der Waals surface area contributed by atoms with Gasteiger partial charge in [0.05, 0.1) is 10.6 Å². The van der Waals surface area contributed by atoms with Gasteiger partial charge in [-0.15, -0.1) is 21.5 Å². The molecule has 4 atom stereocenters. The van der Waals surface area contributed by atoms with Crippen LogP contribution in [0.1, 0.15) is 49.9 Å². The number of thiophene rings is 1. The molecule has 0 radical (unpaired) electrons. The number of aromatic nitrogens is 5. The van der Waals surface area contributed by atoms with Gasteiger partial charge in [0, 0.05) is 24.1 Å². The van der Waals surface area contributed by atoms with Crippen LogP contribution in [0.4, 0.5) is 0 Å². The molecule has 0 amide bonds. The first-order valence-corrected chi connectivity index (χ1v) is 13.5. The summed E-state index contributed by atoms with van der Waals surface area (Å²) in [5.74, 6) is 3.96. The number of rotatable bonds is 6. The number of aryl methyl sites for hydroxylation is 1. The summed E-state index contributed by atoms with van der Waals surface area (Å²) >= 11 is 3.34. The minimum Gasteiger partial charge on any atom is -0.298 e. The maximum Gasteiger partial charge on any atom is 0.258 e. The Balaban J connectivity index is 1.32. The molecule has 8 heteroatoms. The van der Waals surface area contributed by atoms with Gasteiger partial charge in [0.2, 0.25) is 0 Å². The lowest BCUT2D eigenvalue weighted by Gasteiger charge is -2.30. The molecule has 0 aliphatic heterocycles. The molecule has 0 aromatic carbocycles. The van der Waals surface area contributed by atoms with E-state index in [1.165, 1.54) is 25.7 Å². The van der Waals surface area contributed by atoms with Gasteiger partial charge in [-0.05, 0) is 80.0 Å². The second-order valence-electron chi connectivity index (χ2n) is 9.54. The van der Waals surface area contributed by atoms with Crippen LogP contribution in [-0.4, -0.2) is 24.1 Å². The Labute approximate surface area is 201 Å². The Morgan fingerprint density at radius 3 is 2.88 bits per heavy atom. The molecule has 6 nitrogen and oxygen atoms in total. The Morgan fingerprint density at radius 2 is 2.12 bits per heavy atom. The van der Waals surface area contributed by atoms with Crippen LogP contribution in [0, 0.1) is 24.7 Å². The fourth-order valence-electron chi connectivity index (χ4n) is 5.86. The Hall–Kier alpha value is -2.45. The number of pyridine rings is 1. The van der Waals surface area contributed by atoms with Gasteiger partial charge in [0.15, 0.2) is 11.0 Å². The molecule has 2 fully saturated rings. The molecule has 4 aromatic rings. The van der Waals surface area contributed by atoms with E-state index in [2.05, 4.69) is 39.2 Å². The molecule has 0 spiro atoms. The van der Waals surface area contributed by atoms with Gasteiger partial charge >= 0.3 is 0 Å². The zero-order valence-electron chi connectivity index (χ0n) is 18.8. The molecule has 2 saturated carbocycles. The van der Waals surface area contributed by atoms with Crippen molar-refractivity contribution < 1.29 is 0 Å². The molecule has 2 aliphatic rings. The quantitative estimate of drug-likeness (QED) is 0.338. The third-order valence-corrected chi connectivity index (χ3v) is 9.29. The van der Waals surface area contributed by atoms with Gasteiger partial charge in [-0.3, -0.25) is 13.8 Å². The lowest BCUT2D eigenvalue weighted by molar-refractivity contribution is 0.235. The SMILES string of the molecule is Cc1ccn2c(=O)cc(CSc3nnc(-c4cccs4)n3C(C)C3CC4CCC3C4)nc2c1. The molecule has 6 rings (SSSR count). The average molecular weight is 478 g/mol. The Kier molecular flexibility index (Phi) is 5.37. The lowest BCUT2D eigenvalue weighted by Crippen LogP contribution is -2.23. The van der Waals surface area contributed by atoms with Gasteiger partial charge in [0.25, 0.3) is 5.56 Å². The normalized spacial score (nSPS) is 22.9. The summed E-state index contributed by atoms with van der Waals surface area (Å²) in [5.41, 5.74) is 2.50. The van der Waals surface area contributed by atoms with Crippen molar-refractivity contribution in [3.8, 4) is 10.7 Å². The summed E-state index contributed by atoms with van der Waals surface area (Å²) in [4.78, 5) is 18.5. The van der Waals surface area contributed by atoms with Crippen LogP contribution in [0.15, 0.2) is 51.9 Å². The van der Waals surface area contributed by atoms with E-state index >= 15 is 0 Å². The summed E-state index contributed by atoms with van der Waals surface area (Å²) in [6.45, 7) is 4.36. The summed E-state index contributed by atoms with van der Waals surface area (Å²) in [7, 11) is 0. The fraction of sp³-hybridized carbons (Fsp3) is 0.440. The van der Waals surface area contributed by atoms with E-state index in [0.717, 1.165) is 39.0 Å². The van der Waals surface area contributed by atoms with Crippen molar-refractivity contribution in [1.29, 1.82) is 0 Å². The van der Waals surface area contributed by atoms with E-state index in [9.17, 15) is 4.79 Å². The second kappa shape index (κ2) is 8.40. The standard InChI is InChI=1S/C25H27N5OS2/c1-15-7-8-29-22(10-15)26-19(13-23(29)31)14-33-25-28-27-24(21-4-3-9-32-21)30(25)16(2)20-12-17-5-6-18(20)11-17/h3-4,7-10,13,16-18,20H,5-6,11-12,14H2,1-2H3. The summed E-state index contributed by atoms with van der Waals surface area (Å²) in [5, 5.41) is 12.2. The molecule has 2 aliphatic carbocycles. The first-order chi connectivity index (χ1) is 16.1. The highest BCUT2D eigenvalue weighted by molar-refractivity contribution is 7.98. The number of nitrogens with zero attached hydrogens (tertiary/aromatic N) is 5. The van der Waals surface area contributed by atoms with Crippen molar-refractivity contribution in [2.45, 2.75) is 56.5 Å². The number of hydrogen-bond donors (Lipinski definition) is 0. The van der Waals surface area contributed by atoms with Crippen molar-refractivity contribution in [2.75, 3.05) is 0 Å². The van der Waals surface area contributed by atoms with Gasteiger partial charge in [-0.2, -0.15) is 0 Å². The summed E-state index contributed by atoms with van der Waals surface area (Å²) in [6, 6.07) is 10.1. The van der Waals surface area contributed by atoms with Gasteiger partial charge < -0.3 is 0 Å². The fourth-order valence-corrected chi connectivity index (χ4v) is 7.48. The maximum absolute atomic E-state index is 12.6. The predicted octanol–water partition coefficient (Wildman–Crippen LogP) is 5.61. The van der Waals surface area contributed by atoms with E-state index in [1.807, 2.05) is 19.1 Å². The number of thioether (sulfide) groups is 1. The van der Waals surface area contributed by atoms with Crippen molar-refractivity contribution in [3.63, 3.8) is 0 Å². The lowest BCUT2D eigenvalue weighted by atomic mass is 9.84. The molecule has 0 saturated heterocycles. The first kappa shape index (κ1) is 21.1. The van der Waals surface area contributed by atoms with Gasteiger partial charge in [-0.1, -0.05) is 24.2 Å². The molecule has 4 heterocycles. The van der Waals surface area contributed by atoms with E-state index in [1.54, 1.807) is 39.8 Å². The van der Waals surface area contributed by atoms with Crippen LogP contribution in [0.3, 0.4) is 0 Å². The van der Waals surface area contributed by atoms with Crippen LogP contribution < -0.4 is 5.56 Å². The molecule has 33 heavy (non-hydrogen) atoms. The third-order valence-electron chi connectivity index (χ3n) is 7.45. The van der Waals surface area contributed by atoms with Crippen molar-refractivity contribution in [1.82, 2.24) is 24.1 Å². The minimum absolute atomic E-state index is 0.0494. The average Bonchev–Trinajstić information content (AvgIpc) is 3.61. The monoisotopic (exact) mass is 477 g/mol. The summed E-state index contributed by atoms with van der Waals surface area (Å²) in [6.07, 6.45) is 7.26. The highest BCUT2D eigenvalue weighted by atomic mass is 32.2. The van der Waals surface area contributed by atoms with Crippen molar-refractivity contribution in [3.05, 3.63) is 63.5 Å².